The number of nitriles is 1. The van der Waals surface area contributed by atoms with Crippen molar-refractivity contribution in [1.29, 1.82) is 5.26 Å². The van der Waals surface area contributed by atoms with Crippen LogP contribution in [0.25, 0.3) is 16.3 Å². The molecule has 0 aliphatic rings. The van der Waals surface area contributed by atoms with Gasteiger partial charge >= 0.3 is 0 Å². The predicted octanol–water partition coefficient (Wildman–Crippen LogP) is 7.84. The third kappa shape index (κ3) is 5.16. The number of thiazole rings is 1. The highest BCUT2D eigenvalue weighted by atomic mass is 35.5. The summed E-state index contributed by atoms with van der Waals surface area (Å²) in [6.07, 6.45) is 1.84. The number of ether oxygens (including phenoxy) is 1. The number of halogens is 2. The zero-order valence-electron chi connectivity index (χ0n) is 15.5. The van der Waals surface area contributed by atoms with Crippen molar-refractivity contribution in [3.8, 4) is 11.8 Å². The van der Waals surface area contributed by atoms with Gasteiger partial charge in [-0.3, -0.25) is 0 Å². The number of hydrogen-bond acceptors (Lipinski definition) is 5. The summed E-state index contributed by atoms with van der Waals surface area (Å²) in [4.78, 5) is 5.15. The first-order valence-corrected chi connectivity index (χ1v) is 11.3. The summed E-state index contributed by atoms with van der Waals surface area (Å²) in [5.74, 6) is 0.718. The molecule has 7 heteroatoms. The second-order valence-electron chi connectivity index (χ2n) is 6.26. The van der Waals surface area contributed by atoms with E-state index in [0.29, 0.717) is 21.6 Å². The average molecular weight is 469 g/mol. The summed E-state index contributed by atoms with van der Waals surface area (Å²) in [6.45, 7) is 0.349. The molecule has 3 aromatic carbocycles. The number of benzene rings is 3. The van der Waals surface area contributed by atoms with Crippen molar-refractivity contribution in [2.24, 2.45) is 0 Å². The Morgan fingerprint density at radius 3 is 2.63 bits per heavy atom. The molecule has 0 amide bonds. The second-order valence-corrected chi connectivity index (χ2v) is 9.43. The molecule has 4 aromatic rings. The van der Waals surface area contributed by atoms with Crippen LogP contribution in [0.1, 0.15) is 11.1 Å². The van der Waals surface area contributed by atoms with Gasteiger partial charge in [0, 0.05) is 15.6 Å². The van der Waals surface area contributed by atoms with Crippen LogP contribution in [0.5, 0.6) is 5.75 Å². The van der Waals surface area contributed by atoms with Crippen molar-refractivity contribution >= 4 is 62.6 Å². The quantitative estimate of drug-likeness (QED) is 0.213. The molecule has 0 bridgehead atoms. The summed E-state index contributed by atoms with van der Waals surface area (Å²) in [6, 6.07) is 23.1. The minimum atomic E-state index is 0.349. The molecule has 0 aliphatic carbocycles. The molecule has 1 aromatic heterocycles. The summed E-state index contributed by atoms with van der Waals surface area (Å²) in [5.41, 5.74) is 2.73. The molecule has 0 unspecified atom stereocenters. The molecule has 1 heterocycles. The van der Waals surface area contributed by atoms with Gasteiger partial charge in [0.25, 0.3) is 0 Å². The van der Waals surface area contributed by atoms with E-state index in [-0.39, 0.29) is 0 Å². The lowest BCUT2D eigenvalue weighted by Crippen LogP contribution is -1.96. The molecular weight excluding hydrogens is 455 g/mol. The van der Waals surface area contributed by atoms with E-state index in [1.165, 1.54) is 11.8 Å². The van der Waals surface area contributed by atoms with E-state index in [0.717, 1.165) is 31.4 Å². The first-order valence-electron chi connectivity index (χ1n) is 8.93. The van der Waals surface area contributed by atoms with Gasteiger partial charge in [-0.15, -0.1) is 11.3 Å². The molecule has 0 radical (unpaired) electrons. The number of thioether (sulfide) groups is 1. The van der Waals surface area contributed by atoms with Crippen LogP contribution < -0.4 is 4.74 Å². The zero-order chi connectivity index (χ0) is 20.9. The predicted molar refractivity (Wildman–Crippen MR) is 126 cm³/mol. The lowest BCUT2D eigenvalue weighted by atomic mass is 10.2. The normalized spacial score (nSPS) is 11.4. The van der Waals surface area contributed by atoms with Crippen molar-refractivity contribution in [3.05, 3.63) is 92.8 Å². The van der Waals surface area contributed by atoms with E-state index in [1.807, 2.05) is 60.7 Å². The Morgan fingerprint density at radius 2 is 1.90 bits per heavy atom. The smallest absolute Gasteiger partial charge is 0.156 e. The highest BCUT2D eigenvalue weighted by molar-refractivity contribution is 8.05. The van der Waals surface area contributed by atoms with Crippen LogP contribution in [0, 0.1) is 11.3 Å². The zero-order valence-corrected chi connectivity index (χ0v) is 18.7. The van der Waals surface area contributed by atoms with E-state index in [4.69, 9.17) is 27.9 Å². The molecular formula is C23H14Cl2N2OS2. The van der Waals surface area contributed by atoms with E-state index < -0.39 is 0 Å². The maximum atomic E-state index is 9.53. The van der Waals surface area contributed by atoms with E-state index in [1.54, 1.807) is 23.5 Å². The fourth-order valence-electron chi connectivity index (χ4n) is 2.68. The van der Waals surface area contributed by atoms with Crippen LogP contribution in [-0.4, -0.2) is 4.98 Å². The van der Waals surface area contributed by atoms with E-state index >= 15 is 0 Å². The molecule has 0 saturated carbocycles. The Labute approximate surface area is 192 Å². The van der Waals surface area contributed by atoms with Gasteiger partial charge in [0.15, 0.2) is 4.34 Å². The fourth-order valence-corrected chi connectivity index (χ4v) is 5.12. The minimum Gasteiger partial charge on any atom is -0.489 e. The largest absolute Gasteiger partial charge is 0.489 e. The van der Waals surface area contributed by atoms with Gasteiger partial charge in [0.05, 0.1) is 15.1 Å². The first kappa shape index (κ1) is 20.8. The van der Waals surface area contributed by atoms with Gasteiger partial charge in [0.1, 0.15) is 18.4 Å². The summed E-state index contributed by atoms with van der Waals surface area (Å²) >= 11 is 15.1. The van der Waals surface area contributed by atoms with Crippen LogP contribution in [-0.2, 0) is 6.61 Å². The Morgan fingerprint density at radius 1 is 1.10 bits per heavy atom. The average Bonchev–Trinajstić information content (AvgIpc) is 3.16. The molecule has 30 heavy (non-hydrogen) atoms. The van der Waals surface area contributed by atoms with Crippen molar-refractivity contribution in [2.75, 3.05) is 0 Å². The number of hydrogen-bond donors (Lipinski definition) is 0. The van der Waals surface area contributed by atoms with Gasteiger partial charge in [-0.05, 0) is 59.8 Å². The molecule has 3 nitrogen and oxygen atoms in total. The molecule has 0 fully saturated rings. The van der Waals surface area contributed by atoms with Crippen molar-refractivity contribution in [2.45, 2.75) is 10.9 Å². The van der Waals surface area contributed by atoms with Crippen LogP contribution in [0.4, 0.5) is 0 Å². The van der Waals surface area contributed by atoms with Crippen molar-refractivity contribution < 1.29 is 4.74 Å². The van der Waals surface area contributed by atoms with E-state index in [2.05, 4.69) is 11.1 Å². The number of fused-ring (bicyclic) bond motifs is 1. The van der Waals surface area contributed by atoms with Gasteiger partial charge in [0.2, 0.25) is 0 Å². The third-order valence-corrected chi connectivity index (χ3v) is 6.78. The Bertz CT molecular complexity index is 1230. The maximum absolute atomic E-state index is 9.53. The topological polar surface area (TPSA) is 45.9 Å². The highest BCUT2D eigenvalue weighted by Gasteiger charge is 2.08. The molecule has 0 spiro atoms. The molecule has 0 atom stereocenters. The van der Waals surface area contributed by atoms with E-state index in [9.17, 15) is 5.26 Å². The molecule has 0 aliphatic heterocycles. The van der Waals surface area contributed by atoms with Crippen LogP contribution in [0.3, 0.4) is 0 Å². The molecule has 148 valence electrons. The lowest BCUT2D eigenvalue weighted by molar-refractivity contribution is 0.306. The maximum Gasteiger partial charge on any atom is 0.156 e. The number of aromatic nitrogens is 1. The van der Waals surface area contributed by atoms with Gasteiger partial charge < -0.3 is 4.74 Å². The summed E-state index contributed by atoms with van der Waals surface area (Å²) < 4.78 is 7.76. The number of allylic oxidation sites excluding steroid dienone is 1. The molecule has 0 saturated heterocycles. The van der Waals surface area contributed by atoms with Crippen LogP contribution >= 0.6 is 46.3 Å². The number of rotatable bonds is 6. The molecule has 4 rings (SSSR count). The van der Waals surface area contributed by atoms with Crippen molar-refractivity contribution in [1.82, 2.24) is 4.98 Å². The summed E-state index contributed by atoms with van der Waals surface area (Å²) in [5, 5.41) is 10.7. The first-order chi connectivity index (χ1) is 14.6. The fraction of sp³-hybridized carbons (Fsp3) is 0.0435. The Hall–Kier alpha value is -2.49. The monoisotopic (exact) mass is 468 g/mol. The standard InChI is InChI=1S/C23H14Cl2N2OS2/c24-17-8-7-16(20(25)12-17)14-28-18-9-5-15(6-10-18)11-19(13-26)29-23-27-21-3-1-2-4-22(21)30-23/h1-12H,14H2. The van der Waals surface area contributed by atoms with Gasteiger partial charge in [-0.25, -0.2) is 4.98 Å². The minimum absolute atomic E-state index is 0.349. The van der Waals surface area contributed by atoms with Crippen molar-refractivity contribution in [3.63, 3.8) is 0 Å². The lowest BCUT2D eigenvalue weighted by Gasteiger charge is -2.08. The van der Waals surface area contributed by atoms with Crippen LogP contribution in [0.2, 0.25) is 10.0 Å². The molecule has 0 N–H and O–H groups in total. The summed E-state index contributed by atoms with van der Waals surface area (Å²) in [7, 11) is 0. The van der Waals surface area contributed by atoms with Gasteiger partial charge in [-0.1, -0.05) is 53.5 Å². The SMILES string of the molecule is N#CC(=Cc1ccc(OCc2ccc(Cl)cc2Cl)cc1)Sc1nc2ccccc2s1. The van der Waals surface area contributed by atoms with Crippen LogP contribution in [0.15, 0.2) is 76.0 Å². The third-order valence-electron chi connectivity index (χ3n) is 4.17. The Kier molecular flexibility index (Phi) is 6.61. The highest BCUT2D eigenvalue weighted by Crippen LogP contribution is 2.34. The number of para-hydroxylation sites is 1. The number of nitrogens with zero attached hydrogens (tertiary/aromatic N) is 2. The Balaban J connectivity index is 1.43. The second kappa shape index (κ2) is 9.55. The van der Waals surface area contributed by atoms with Gasteiger partial charge in [-0.2, -0.15) is 5.26 Å².